The highest BCUT2D eigenvalue weighted by molar-refractivity contribution is 4.89. The van der Waals surface area contributed by atoms with Gasteiger partial charge in [0.2, 0.25) is 0 Å². The van der Waals surface area contributed by atoms with E-state index in [1.807, 2.05) is 21.0 Å². The molecule has 0 bridgehead atoms. The summed E-state index contributed by atoms with van der Waals surface area (Å²) in [5.41, 5.74) is 0. The van der Waals surface area contributed by atoms with Gasteiger partial charge < -0.3 is 5.32 Å². The van der Waals surface area contributed by atoms with E-state index in [1.165, 1.54) is 0 Å². The van der Waals surface area contributed by atoms with Crippen LogP contribution in [-0.2, 0) is 0 Å². The van der Waals surface area contributed by atoms with E-state index in [-0.39, 0.29) is 6.04 Å². The summed E-state index contributed by atoms with van der Waals surface area (Å²) in [6.45, 7) is 4.06. The van der Waals surface area contributed by atoms with Gasteiger partial charge in [-0.25, -0.2) is 0 Å². The van der Waals surface area contributed by atoms with Crippen molar-refractivity contribution in [1.29, 1.82) is 5.26 Å². The Morgan fingerprint density at radius 3 is 2.67 bits per heavy atom. The lowest BCUT2D eigenvalue weighted by Gasteiger charge is -2.20. The minimum Gasteiger partial charge on any atom is -0.320 e. The quantitative estimate of drug-likeness (QED) is 0.599. The molecule has 0 fully saturated rings. The third kappa shape index (κ3) is 4.32. The fraction of sp³-hybridized carbons (Fsp3) is 0.889. The number of nitrogens with zero attached hydrogens (tertiary/aromatic N) is 2. The molecule has 0 saturated heterocycles. The summed E-state index contributed by atoms with van der Waals surface area (Å²) in [4.78, 5) is 2.11. The molecule has 0 aromatic rings. The van der Waals surface area contributed by atoms with E-state index in [0.29, 0.717) is 0 Å². The van der Waals surface area contributed by atoms with Gasteiger partial charge in [-0.2, -0.15) is 5.26 Å². The van der Waals surface area contributed by atoms with Crippen LogP contribution in [0.4, 0.5) is 0 Å². The summed E-state index contributed by atoms with van der Waals surface area (Å²) in [5, 5.41) is 11.8. The smallest absolute Gasteiger partial charge is 0.0972 e. The molecular formula is C9H19N3. The molecular weight excluding hydrogens is 150 g/mol. The van der Waals surface area contributed by atoms with Crippen LogP contribution in [0, 0.1) is 11.3 Å². The second kappa shape index (κ2) is 7.08. The SMILES string of the molecule is CCC(C#N)N(C)CCCNC. The Morgan fingerprint density at radius 2 is 2.25 bits per heavy atom. The van der Waals surface area contributed by atoms with Crippen molar-refractivity contribution in [2.45, 2.75) is 25.8 Å². The van der Waals surface area contributed by atoms with Crippen molar-refractivity contribution in [2.24, 2.45) is 0 Å². The molecule has 1 N–H and O–H groups in total. The Hall–Kier alpha value is -0.590. The van der Waals surface area contributed by atoms with Crippen molar-refractivity contribution in [1.82, 2.24) is 10.2 Å². The molecule has 0 radical (unpaired) electrons. The predicted molar refractivity (Wildman–Crippen MR) is 50.9 cm³/mol. The molecule has 0 saturated carbocycles. The van der Waals surface area contributed by atoms with Gasteiger partial charge >= 0.3 is 0 Å². The number of hydrogen-bond donors (Lipinski definition) is 1. The molecule has 0 aliphatic rings. The Kier molecular flexibility index (Phi) is 6.73. The minimum atomic E-state index is 0.0851. The zero-order chi connectivity index (χ0) is 9.40. The zero-order valence-electron chi connectivity index (χ0n) is 8.30. The fourth-order valence-electron chi connectivity index (χ4n) is 1.16. The zero-order valence-corrected chi connectivity index (χ0v) is 8.30. The lowest BCUT2D eigenvalue weighted by molar-refractivity contribution is 0.278. The van der Waals surface area contributed by atoms with Crippen LogP contribution in [0.3, 0.4) is 0 Å². The fourth-order valence-corrected chi connectivity index (χ4v) is 1.16. The van der Waals surface area contributed by atoms with Gasteiger partial charge in [-0.3, -0.25) is 4.90 Å². The van der Waals surface area contributed by atoms with E-state index in [9.17, 15) is 0 Å². The van der Waals surface area contributed by atoms with E-state index >= 15 is 0 Å². The van der Waals surface area contributed by atoms with Crippen LogP contribution in [0.2, 0.25) is 0 Å². The van der Waals surface area contributed by atoms with Crippen molar-refractivity contribution in [3.63, 3.8) is 0 Å². The predicted octanol–water partition coefficient (Wildman–Crippen LogP) is 0.830. The highest BCUT2D eigenvalue weighted by atomic mass is 15.1. The van der Waals surface area contributed by atoms with E-state index in [1.54, 1.807) is 0 Å². The summed E-state index contributed by atoms with van der Waals surface area (Å²) < 4.78 is 0. The van der Waals surface area contributed by atoms with Gasteiger partial charge in [0.05, 0.1) is 12.1 Å². The van der Waals surface area contributed by atoms with Crippen LogP contribution in [0.1, 0.15) is 19.8 Å². The molecule has 0 amide bonds. The first-order valence-electron chi connectivity index (χ1n) is 4.50. The molecule has 70 valence electrons. The monoisotopic (exact) mass is 169 g/mol. The van der Waals surface area contributed by atoms with Crippen LogP contribution in [0.5, 0.6) is 0 Å². The Morgan fingerprint density at radius 1 is 1.58 bits per heavy atom. The van der Waals surface area contributed by atoms with Gasteiger partial charge in [0, 0.05) is 6.54 Å². The van der Waals surface area contributed by atoms with Crippen molar-refractivity contribution in [3.05, 3.63) is 0 Å². The molecule has 0 spiro atoms. The molecule has 1 unspecified atom stereocenters. The van der Waals surface area contributed by atoms with Crippen LogP contribution >= 0.6 is 0 Å². The lowest BCUT2D eigenvalue weighted by Crippen LogP contribution is -2.31. The second-order valence-electron chi connectivity index (χ2n) is 2.99. The maximum Gasteiger partial charge on any atom is 0.0972 e. The minimum absolute atomic E-state index is 0.0851. The molecule has 0 heterocycles. The molecule has 1 atom stereocenters. The van der Waals surface area contributed by atoms with Crippen LogP contribution in [0.25, 0.3) is 0 Å². The Bertz CT molecular complexity index is 139. The first-order chi connectivity index (χ1) is 5.76. The molecule has 12 heavy (non-hydrogen) atoms. The molecule has 0 aliphatic heterocycles. The second-order valence-corrected chi connectivity index (χ2v) is 2.99. The first kappa shape index (κ1) is 11.4. The highest BCUT2D eigenvalue weighted by Gasteiger charge is 2.09. The molecule has 0 aromatic heterocycles. The Balaban J connectivity index is 3.56. The number of nitrogens with one attached hydrogen (secondary N) is 1. The summed E-state index contributed by atoms with van der Waals surface area (Å²) in [6, 6.07) is 2.37. The van der Waals surface area contributed by atoms with Gasteiger partial charge in [0.1, 0.15) is 0 Å². The largest absolute Gasteiger partial charge is 0.320 e. The average Bonchev–Trinajstić information content (AvgIpc) is 2.07. The van der Waals surface area contributed by atoms with Gasteiger partial charge in [0.25, 0.3) is 0 Å². The topological polar surface area (TPSA) is 39.1 Å². The van der Waals surface area contributed by atoms with E-state index in [0.717, 1.165) is 25.9 Å². The summed E-state index contributed by atoms with van der Waals surface area (Å²) >= 11 is 0. The Labute approximate surface area is 75.4 Å². The maximum atomic E-state index is 8.75. The van der Waals surface area contributed by atoms with Crippen molar-refractivity contribution in [2.75, 3.05) is 27.2 Å². The van der Waals surface area contributed by atoms with Gasteiger partial charge in [0.15, 0.2) is 0 Å². The third-order valence-electron chi connectivity index (χ3n) is 2.01. The molecule has 0 aliphatic carbocycles. The van der Waals surface area contributed by atoms with Crippen LogP contribution < -0.4 is 5.32 Å². The average molecular weight is 169 g/mol. The number of rotatable bonds is 6. The number of nitriles is 1. The first-order valence-corrected chi connectivity index (χ1v) is 4.50. The molecule has 3 nitrogen and oxygen atoms in total. The lowest BCUT2D eigenvalue weighted by atomic mass is 10.2. The molecule has 3 heteroatoms. The van der Waals surface area contributed by atoms with Crippen LogP contribution in [0.15, 0.2) is 0 Å². The van der Waals surface area contributed by atoms with Crippen molar-refractivity contribution in [3.8, 4) is 6.07 Å². The maximum absolute atomic E-state index is 8.75. The standard InChI is InChI=1S/C9H19N3/c1-4-9(8-10)12(3)7-5-6-11-2/h9,11H,4-7H2,1-3H3. The van der Waals surface area contributed by atoms with Crippen molar-refractivity contribution >= 4 is 0 Å². The van der Waals surface area contributed by atoms with Gasteiger partial charge in [-0.15, -0.1) is 0 Å². The van der Waals surface area contributed by atoms with Gasteiger partial charge in [-0.05, 0) is 33.5 Å². The van der Waals surface area contributed by atoms with E-state index < -0.39 is 0 Å². The highest BCUT2D eigenvalue weighted by Crippen LogP contribution is 1.99. The van der Waals surface area contributed by atoms with Crippen molar-refractivity contribution < 1.29 is 0 Å². The summed E-state index contributed by atoms with van der Waals surface area (Å²) in [5.74, 6) is 0. The van der Waals surface area contributed by atoms with E-state index in [4.69, 9.17) is 5.26 Å². The number of hydrogen-bond acceptors (Lipinski definition) is 3. The normalized spacial score (nSPS) is 12.9. The van der Waals surface area contributed by atoms with Crippen LogP contribution in [-0.4, -0.2) is 38.1 Å². The molecule has 0 aromatic carbocycles. The summed E-state index contributed by atoms with van der Waals surface area (Å²) in [6.07, 6.45) is 2.01. The van der Waals surface area contributed by atoms with E-state index in [2.05, 4.69) is 16.3 Å². The summed E-state index contributed by atoms with van der Waals surface area (Å²) in [7, 11) is 3.95. The van der Waals surface area contributed by atoms with Gasteiger partial charge in [-0.1, -0.05) is 6.92 Å². The molecule has 0 rings (SSSR count). The third-order valence-corrected chi connectivity index (χ3v) is 2.01.